The largest absolute Gasteiger partial charge is 0.480 e. The van der Waals surface area contributed by atoms with E-state index in [2.05, 4.69) is 26.2 Å². The Morgan fingerprint density at radius 1 is 1.43 bits per heavy atom. The van der Waals surface area contributed by atoms with Gasteiger partial charge in [0.25, 0.3) is 0 Å². The van der Waals surface area contributed by atoms with E-state index in [1.165, 1.54) is 12.8 Å². The molecule has 6 heteroatoms. The number of nitrogens with zero attached hydrogens (tertiary/aromatic N) is 1. The molecule has 1 atom stereocenters. The van der Waals surface area contributed by atoms with Gasteiger partial charge in [0.05, 0.1) is 0 Å². The quantitative estimate of drug-likeness (QED) is 0.812. The molecule has 114 valence electrons. The fourth-order valence-corrected chi connectivity index (χ4v) is 3.88. The van der Waals surface area contributed by atoms with Crippen molar-refractivity contribution in [2.24, 2.45) is 0 Å². The van der Waals surface area contributed by atoms with Gasteiger partial charge in [-0.15, -0.1) is 0 Å². The summed E-state index contributed by atoms with van der Waals surface area (Å²) in [5.41, 5.74) is 0.463. The third kappa shape index (κ3) is 2.98. The molecule has 2 fully saturated rings. The second-order valence-corrected chi connectivity index (χ2v) is 6.88. The van der Waals surface area contributed by atoms with Crippen molar-refractivity contribution in [3.05, 3.63) is 28.5 Å². The van der Waals surface area contributed by atoms with Crippen LogP contribution in [-0.2, 0) is 15.1 Å². The Bertz CT molecular complexity index is 528. The topological polar surface area (TPSA) is 71.5 Å². The third-order valence-corrected chi connectivity index (χ3v) is 5.13. The fraction of sp³-hybridized carbons (Fsp3) is 0.600. The number of aliphatic carboxylic acids is 1. The molecule has 3 rings (SSSR count). The van der Waals surface area contributed by atoms with Crippen LogP contribution >= 0.6 is 15.9 Å². The third-order valence-electron chi connectivity index (χ3n) is 4.66. The molecule has 1 saturated heterocycles. The normalized spacial score (nSPS) is 27.3. The molecule has 0 radical (unpaired) electrons. The fourth-order valence-electron chi connectivity index (χ4n) is 3.64. The highest BCUT2D eigenvalue weighted by molar-refractivity contribution is 9.10. The molecular formula is C15H19BrN2O3. The summed E-state index contributed by atoms with van der Waals surface area (Å²) in [5.74, 6) is -0.938. The van der Waals surface area contributed by atoms with E-state index in [0.717, 1.165) is 29.4 Å². The Labute approximate surface area is 132 Å². The van der Waals surface area contributed by atoms with E-state index in [4.69, 9.17) is 9.84 Å². The molecule has 0 aromatic carbocycles. The Hall–Kier alpha value is -0.980. The SMILES string of the molecule is O=C(O)COC1(c2ccc(Br)nc2)CNC2(CCCC2)C1. The minimum Gasteiger partial charge on any atom is -0.480 e. The number of pyridine rings is 1. The van der Waals surface area contributed by atoms with Crippen LogP contribution < -0.4 is 5.32 Å². The molecule has 0 bridgehead atoms. The summed E-state index contributed by atoms with van der Waals surface area (Å²) in [6, 6.07) is 3.84. The Kier molecular flexibility index (Phi) is 4.03. The Morgan fingerprint density at radius 2 is 2.19 bits per heavy atom. The molecule has 1 aliphatic heterocycles. The molecule has 1 aromatic rings. The van der Waals surface area contributed by atoms with Gasteiger partial charge in [-0.3, -0.25) is 0 Å². The second kappa shape index (κ2) is 5.66. The highest BCUT2D eigenvalue weighted by atomic mass is 79.9. The van der Waals surface area contributed by atoms with Crippen LogP contribution in [0.15, 0.2) is 22.9 Å². The lowest BCUT2D eigenvalue weighted by molar-refractivity contribution is -0.149. The van der Waals surface area contributed by atoms with Crippen LogP contribution in [0, 0.1) is 0 Å². The second-order valence-electron chi connectivity index (χ2n) is 6.06. The number of hydrogen-bond acceptors (Lipinski definition) is 4. The summed E-state index contributed by atoms with van der Waals surface area (Å²) in [6.07, 6.45) is 7.31. The monoisotopic (exact) mass is 354 g/mol. The summed E-state index contributed by atoms with van der Waals surface area (Å²) in [6.45, 7) is 0.359. The first-order chi connectivity index (χ1) is 10.0. The molecule has 2 N–H and O–H groups in total. The minimum atomic E-state index is -0.938. The molecule has 2 heterocycles. The van der Waals surface area contributed by atoms with Crippen molar-refractivity contribution in [3.63, 3.8) is 0 Å². The first-order valence-corrected chi connectivity index (χ1v) is 8.06. The zero-order valence-corrected chi connectivity index (χ0v) is 13.4. The lowest BCUT2D eigenvalue weighted by Gasteiger charge is -2.31. The van der Waals surface area contributed by atoms with Gasteiger partial charge in [0, 0.05) is 30.3 Å². The van der Waals surface area contributed by atoms with E-state index in [0.29, 0.717) is 6.54 Å². The van der Waals surface area contributed by atoms with E-state index >= 15 is 0 Å². The van der Waals surface area contributed by atoms with Gasteiger partial charge in [-0.1, -0.05) is 18.9 Å². The van der Waals surface area contributed by atoms with Crippen LogP contribution in [0.5, 0.6) is 0 Å². The predicted molar refractivity (Wildman–Crippen MR) is 81.0 cm³/mol. The van der Waals surface area contributed by atoms with E-state index in [-0.39, 0.29) is 12.1 Å². The number of carboxylic acids is 1. The highest BCUT2D eigenvalue weighted by Gasteiger charge is 2.51. The van der Waals surface area contributed by atoms with Gasteiger partial charge in [0.1, 0.15) is 16.8 Å². The van der Waals surface area contributed by atoms with Gasteiger partial charge in [0.15, 0.2) is 0 Å². The molecule has 21 heavy (non-hydrogen) atoms. The number of rotatable bonds is 4. The van der Waals surface area contributed by atoms with Crippen LogP contribution in [0.25, 0.3) is 0 Å². The van der Waals surface area contributed by atoms with Gasteiger partial charge in [-0.2, -0.15) is 0 Å². The molecule has 5 nitrogen and oxygen atoms in total. The van der Waals surface area contributed by atoms with E-state index in [9.17, 15) is 4.79 Å². The number of aromatic nitrogens is 1. The highest BCUT2D eigenvalue weighted by Crippen LogP contribution is 2.46. The van der Waals surface area contributed by atoms with Gasteiger partial charge in [-0.05, 0) is 34.8 Å². The maximum Gasteiger partial charge on any atom is 0.329 e. The van der Waals surface area contributed by atoms with Gasteiger partial charge < -0.3 is 15.2 Å². The molecule has 1 aliphatic carbocycles. The van der Waals surface area contributed by atoms with Crippen LogP contribution in [0.3, 0.4) is 0 Å². The predicted octanol–water partition coefficient (Wildman–Crippen LogP) is 2.45. The number of ether oxygens (including phenoxy) is 1. The number of carbonyl (C=O) groups is 1. The smallest absolute Gasteiger partial charge is 0.329 e. The van der Waals surface area contributed by atoms with Crippen molar-refractivity contribution >= 4 is 21.9 Å². The minimum absolute atomic E-state index is 0.103. The molecule has 1 saturated carbocycles. The van der Waals surface area contributed by atoms with Crippen molar-refractivity contribution in [2.75, 3.05) is 13.2 Å². The summed E-state index contributed by atoms with van der Waals surface area (Å²) in [7, 11) is 0. The van der Waals surface area contributed by atoms with Crippen molar-refractivity contribution < 1.29 is 14.6 Å². The average Bonchev–Trinajstić information content (AvgIpc) is 3.07. The van der Waals surface area contributed by atoms with Crippen molar-refractivity contribution in [1.82, 2.24) is 10.3 Å². The van der Waals surface area contributed by atoms with Gasteiger partial charge >= 0.3 is 5.97 Å². The van der Waals surface area contributed by atoms with Crippen molar-refractivity contribution in [1.29, 1.82) is 0 Å². The van der Waals surface area contributed by atoms with Crippen LogP contribution in [0.4, 0.5) is 0 Å². The zero-order valence-electron chi connectivity index (χ0n) is 11.8. The van der Waals surface area contributed by atoms with Crippen LogP contribution in [-0.4, -0.2) is 34.8 Å². The summed E-state index contributed by atoms with van der Waals surface area (Å²) in [4.78, 5) is 15.2. The molecular weight excluding hydrogens is 336 g/mol. The summed E-state index contributed by atoms with van der Waals surface area (Å²) in [5, 5.41) is 12.6. The zero-order chi connectivity index (χ0) is 14.9. The molecule has 1 unspecified atom stereocenters. The Balaban J connectivity index is 1.88. The molecule has 2 aliphatic rings. The number of nitrogens with one attached hydrogen (secondary N) is 1. The summed E-state index contributed by atoms with van der Waals surface area (Å²) < 4.78 is 6.61. The number of carboxylic acid groups (broad SMARTS) is 1. The molecule has 1 spiro atoms. The standard InChI is InChI=1S/C15H19BrN2O3/c16-12-4-3-11(7-17-12)15(21-8-13(19)20)9-14(18-10-15)5-1-2-6-14/h3-4,7,18H,1-2,5-6,8-10H2,(H,19,20). The van der Waals surface area contributed by atoms with Crippen molar-refractivity contribution in [3.8, 4) is 0 Å². The maximum absolute atomic E-state index is 10.9. The molecule has 1 aromatic heterocycles. The maximum atomic E-state index is 10.9. The number of hydrogen-bond donors (Lipinski definition) is 2. The lowest BCUT2D eigenvalue weighted by Crippen LogP contribution is -2.35. The Morgan fingerprint density at radius 3 is 2.81 bits per heavy atom. The molecule has 0 amide bonds. The van der Waals surface area contributed by atoms with E-state index < -0.39 is 11.6 Å². The first-order valence-electron chi connectivity index (χ1n) is 7.27. The lowest BCUT2D eigenvalue weighted by atomic mass is 9.84. The van der Waals surface area contributed by atoms with Crippen LogP contribution in [0.1, 0.15) is 37.7 Å². The van der Waals surface area contributed by atoms with Crippen molar-refractivity contribution in [2.45, 2.75) is 43.2 Å². The number of halogens is 1. The average molecular weight is 355 g/mol. The van der Waals surface area contributed by atoms with Crippen LogP contribution in [0.2, 0.25) is 0 Å². The van der Waals surface area contributed by atoms with Gasteiger partial charge in [-0.25, -0.2) is 9.78 Å². The first kappa shape index (κ1) is 14.9. The van der Waals surface area contributed by atoms with Gasteiger partial charge in [0.2, 0.25) is 0 Å². The summed E-state index contributed by atoms with van der Waals surface area (Å²) >= 11 is 3.33. The van der Waals surface area contributed by atoms with E-state index in [1.807, 2.05) is 12.1 Å². The van der Waals surface area contributed by atoms with E-state index in [1.54, 1.807) is 6.20 Å².